The Hall–Kier alpha value is -0.350. The summed E-state index contributed by atoms with van der Waals surface area (Å²) in [7, 11) is 0. The van der Waals surface area contributed by atoms with E-state index in [9.17, 15) is 4.39 Å². The molecule has 2 saturated heterocycles. The van der Waals surface area contributed by atoms with Gasteiger partial charge < -0.3 is 5.32 Å². The van der Waals surface area contributed by atoms with Crippen molar-refractivity contribution < 1.29 is 4.39 Å². The van der Waals surface area contributed by atoms with E-state index in [0.717, 1.165) is 18.7 Å². The first-order valence-electron chi connectivity index (χ1n) is 7.71. The van der Waals surface area contributed by atoms with Gasteiger partial charge in [0.15, 0.2) is 0 Å². The first-order valence-corrected chi connectivity index (χ1v) is 8.47. The molecule has 2 nitrogen and oxygen atoms in total. The van der Waals surface area contributed by atoms with Gasteiger partial charge in [-0.25, -0.2) is 4.39 Å². The molecule has 2 fully saturated rings. The first kappa shape index (κ1) is 15.5. The number of nitrogens with one attached hydrogen (secondary N) is 1. The lowest BCUT2D eigenvalue weighted by Crippen LogP contribution is -2.44. The van der Waals surface area contributed by atoms with Crippen molar-refractivity contribution in [1.29, 1.82) is 0 Å². The van der Waals surface area contributed by atoms with Gasteiger partial charge in [0.25, 0.3) is 0 Å². The van der Waals surface area contributed by atoms with Crippen LogP contribution in [0.3, 0.4) is 0 Å². The summed E-state index contributed by atoms with van der Waals surface area (Å²) in [6.45, 7) is 4.27. The van der Waals surface area contributed by atoms with Crippen molar-refractivity contribution in [3.8, 4) is 0 Å². The standard InChI is InChI=1S/C16H21Cl2FN2/c1-10(11-8-14(19)13(18)9-12(11)17)21-7-3-5-16(21)15-4-2-6-20-15/h8-10,15-16,20H,2-7H2,1H3. The van der Waals surface area contributed by atoms with Crippen molar-refractivity contribution in [2.24, 2.45) is 0 Å². The van der Waals surface area contributed by atoms with Crippen LogP contribution in [-0.4, -0.2) is 30.1 Å². The van der Waals surface area contributed by atoms with Crippen molar-refractivity contribution >= 4 is 23.2 Å². The number of benzene rings is 1. The summed E-state index contributed by atoms with van der Waals surface area (Å²) in [5.74, 6) is -0.391. The SMILES string of the molecule is CC(c1cc(F)c(Cl)cc1Cl)N1CCCC1C1CCCN1. The number of halogens is 3. The average molecular weight is 331 g/mol. The first-order chi connectivity index (χ1) is 10.1. The van der Waals surface area contributed by atoms with Crippen LogP contribution in [0.15, 0.2) is 12.1 Å². The smallest absolute Gasteiger partial charge is 0.142 e. The van der Waals surface area contributed by atoms with E-state index in [4.69, 9.17) is 23.2 Å². The molecular weight excluding hydrogens is 310 g/mol. The third kappa shape index (κ3) is 3.07. The summed E-state index contributed by atoms with van der Waals surface area (Å²) in [6, 6.07) is 4.21. The number of rotatable bonds is 3. The van der Waals surface area contributed by atoms with Gasteiger partial charge in [-0.05, 0) is 63.4 Å². The van der Waals surface area contributed by atoms with E-state index >= 15 is 0 Å². The lowest BCUT2D eigenvalue weighted by Gasteiger charge is -2.35. The summed E-state index contributed by atoms with van der Waals surface area (Å²) >= 11 is 12.1. The molecular formula is C16H21Cl2FN2. The fraction of sp³-hybridized carbons (Fsp3) is 0.625. The van der Waals surface area contributed by atoms with Crippen LogP contribution in [0.5, 0.6) is 0 Å². The van der Waals surface area contributed by atoms with E-state index in [1.165, 1.54) is 37.8 Å². The van der Waals surface area contributed by atoms with Crippen molar-refractivity contribution in [3.05, 3.63) is 33.6 Å². The fourth-order valence-corrected chi connectivity index (χ4v) is 4.35. The molecule has 0 aliphatic carbocycles. The fourth-order valence-electron chi connectivity index (χ4n) is 3.80. The molecule has 1 aromatic carbocycles. The molecule has 2 heterocycles. The number of hydrogen-bond donors (Lipinski definition) is 1. The van der Waals surface area contributed by atoms with Crippen molar-refractivity contribution in [3.63, 3.8) is 0 Å². The zero-order valence-corrected chi connectivity index (χ0v) is 13.7. The third-order valence-electron chi connectivity index (χ3n) is 4.89. The highest BCUT2D eigenvalue weighted by Gasteiger charge is 2.36. The minimum atomic E-state index is -0.391. The van der Waals surface area contributed by atoms with E-state index in [-0.39, 0.29) is 11.1 Å². The number of nitrogens with zero attached hydrogens (tertiary/aromatic N) is 1. The predicted molar refractivity (Wildman–Crippen MR) is 85.6 cm³/mol. The average Bonchev–Trinajstić information content (AvgIpc) is 3.11. The molecule has 21 heavy (non-hydrogen) atoms. The zero-order valence-electron chi connectivity index (χ0n) is 12.2. The Balaban J connectivity index is 1.83. The molecule has 3 atom stereocenters. The highest BCUT2D eigenvalue weighted by Crippen LogP contribution is 2.37. The molecule has 2 aliphatic heterocycles. The quantitative estimate of drug-likeness (QED) is 0.826. The molecule has 116 valence electrons. The van der Waals surface area contributed by atoms with E-state index in [0.29, 0.717) is 17.1 Å². The molecule has 0 bridgehead atoms. The van der Waals surface area contributed by atoms with Gasteiger partial charge in [-0.1, -0.05) is 23.2 Å². The summed E-state index contributed by atoms with van der Waals surface area (Å²) in [6.07, 6.45) is 4.88. The van der Waals surface area contributed by atoms with E-state index in [1.54, 1.807) is 0 Å². The Bertz CT molecular complexity index is 517. The Kier molecular flexibility index (Phi) is 4.75. The molecule has 1 N–H and O–H groups in total. The lowest BCUT2D eigenvalue weighted by molar-refractivity contribution is 0.163. The maximum absolute atomic E-state index is 13.8. The summed E-state index contributed by atoms with van der Waals surface area (Å²) in [4.78, 5) is 2.47. The van der Waals surface area contributed by atoms with Crippen LogP contribution >= 0.6 is 23.2 Å². The topological polar surface area (TPSA) is 15.3 Å². The normalized spacial score (nSPS) is 28.2. The molecule has 2 aliphatic rings. The molecule has 0 spiro atoms. The Morgan fingerprint density at radius 2 is 2.05 bits per heavy atom. The van der Waals surface area contributed by atoms with Crippen LogP contribution < -0.4 is 5.32 Å². The van der Waals surface area contributed by atoms with Crippen molar-refractivity contribution in [2.45, 2.75) is 50.7 Å². The van der Waals surface area contributed by atoms with Crippen LogP contribution in [-0.2, 0) is 0 Å². The molecule has 0 radical (unpaired) electrons. The Morgan fingerprint density at radius 3 is 2.76 bits per heavy atom. The molecule has 3 unspecified atom stereocenters. The van der Waals surface area contributed by atoms with Gasteiger partial charge in [0.1, 0.15) is 5.82 Å². The van der Waals surface area contributed by atoms with Gasteiger partial charge in [0.2, 0.25) is 0 Å². The van der Waals surface area contributed by atoms with E-state index in [2.05, 4.69) is 17.1 Å². The van der Waals surface area contributed by atoms with Crippen LogP contribution in [0.2, 0.25) is 10.0 Å². The van der Waals surface area contributed by atoms with Crippen LogP contribution in [0.1, 0.15) is 44.2 Å². The van der Waals surface area contributed by atoms with Crippen LogP contribution in [0.25, 0.3) is 0 Å². The maximum Gasteiger partial charge on any atom is 0.142 e. The van der Waals surface area contributed by atoms with Gasteiger partial charge in [0, 0.05) is 23.1 Å². The van der Waals surface area contributed by atoms with Crippen molar-refractivity contribution in [2.75, 3.05) is 13.1 Å². The highest BCUT2D eigenvalue weighted by atomic mass is 35.5. The maximum atomic E-state index is 13.8. The number of likely N-dealkylation sites (tertiary alicyclic amines) is 1. The summed E-state index contributed by atoms with van der Waals surface area (Å²) in [5.41, 5.74) is 0.837. The monoisotopic (exact) mass is 330 g/mol. The van der Waals surface area contributed by atoms with Gasteiger partial charge >= 0.3 is 0 Å². The second-order valence-electron chi connectivity index (χ2n) is 6.11. The molecule has 3 rings (SSSR count). The molecule has 0 amide bonds. The molecule has 5 heteroatoms. The summed E-state index contributed by atoms with van der Waals surface area (Å²) in [5, 5.41) is 4.24. The second-order valence-corrected chi connectivity index (χ2v) is 6.93. The largest absolute Gasteiger partial charge is 0.312 e. The summed E-state index contributed by atoms with van der Waals surface area (Å²) < 4.78 is 13.8. The highest BCUT2D eigenvalue weighted by molar-refractivity contribution is 6.35. The molecule has 0 aromatic heterocycles. The zero-order chi connectivity index (χ0) is 15.0. The van der Waals surface area contributed by atoms with E-state index in [1.807, 2.05) is 0 Å². The van der Waals surface area contributed by atoms with Gasteiger partial charge in [-0.2, -0.15) is 0 Å². The van der Waals surface area contributed by atoms with Gasteiger partial charge in [-0.3, -0.25) is 4.90 Å². The van der Waals surface area contributed by atoms with Gasteiger partial charge in [-0.15, -0.1) is 0 Å². The lowest BCUT2D eigenvalue weighted by atomic mass is 10.0. The van der Waals surface area contributed by atoms with E-state index < -0.39 is 5.82 Å². The Labute approximate surface area is 135 Å². The molecule has 0 saturated carbocycles. The van der Waals surface area contributed by atoms with Crippen LogP contribution in [0.4, 0.5) is 4.39 Å². The third-order valence-corrected chi connectivity index (χ3v) is 5.51. The minimum absolute atomic E-state index is 0.0892. The van der Waals surface area contributed by atoms with Crippen molar-refractivity contribution in [1.82, 2.24) is 10.2 Å². The molecule has 1 aromatic rings. The second kappa shape index (κ2) is 6.41. The minimum Gasteiger partial charge on any atom is -0.312 e. The Morgan fingerprint density at radius 1 is 1.24 bits per heavy atom. The van der Waals surface area contributed by atoms with Gasteiger partial charge in [0.05, 0.1) is 5.02 Å². The predicted octanol–water partition coefficient (Wildman–Crippen LogP) is 4.41. The number of hydrogen-bond acceptors (Lipinski definition) is 2. The van der Waals surface area contributed by atoms with Crippen LogP contribution in [0, 0.1) is 5.82 Å².